The minimum Gasteiger partial charge on any atom is -0.263 e. The third kappa shape index (κ3) is 2.59. The van der Waals surface area contributed by atoms with E-state index >= 15 is 0 Å². The minimum atomic E-state index is -0.743. The number of hydrogen-bond donors (Lipinski definition) is 0. The molecule has 0 aromatic carbocycles. The van der Waals surface area contributed by atoms with E-state index in [-0.39, 0.29) is 0 Å². The predicted octanol–water partition coefficient (Wildman–Crippen LogP) is 1.71. The van der Waals surface area contributed by atoms with Crippen LogP contribution in [0.3, 0.4) is 0 Å². The number of nitroso groups, excluding NO2 is 1. The first-order valence-corrected chi connectivity index (χ1v) is 3.73. The molecule has 0 heterocycles. The molecule has 0 aromatic rings. The van der Waals surface area contributed by atoms with Crippen LogP contribution in [0.2, 0.25) is 0 Å². The average Bonchev–Trinajstić information content (AvgIpc) is 1.99. The first-order chi connectivity index (χ1) is 4.76. The van der Waals surface area contributed by atoms with Gasteiger partial charge < -0.3 is 0 Å². The van der Waals surface area contributed by atoms with Crippen LogP contribution in [0.1, 0.15) is 0 Å². The van der Waals surface area contributed by atoms with Gasteiger partial charge in [0.25, 0.3) is 0 Å². The summed E-state index contributed by atoms with van der Waals surface area (Å²) in [6.07, 6.45) is 4.59. The number of carbonyl (C=O) groups excluding carboxylic acids is 1. The van der Waals surface area contributed by atoms with Gasteiger partial charge in [0.2, 0.25) is 0 Å². The van der Waals surface area contributed by atoms with Crippen molar-refractivity contribution in [3.8, 4) is 0 Å². The van der Waals surface area contributed by atoms with E-state index in [0.29, 0.717) is 4.91 Å². The number of hydrogen-bond acceptors (Lipinski definition) is 3. The van der Waals surface area contributed by atoms with Crippen molar-refractivity contribution in [1.82, 2.24) is 0 Å². The molecule has 0 aliphatic rings. The zero-order valence-corrected chi connectivity index (χ0v) is 6.35. The maximum absolute atomic E-state index is 10.5. The molecular formula is C6H7NO2S. The Kier molecular flexibility index (Phi) is 4.49. The van der Waals surface area contributed by atoms with Crippen LogP contribution in [-0.2, 0) is 4.79 Å². The fraction of sp³-hybridized carbons (Fsp3) is 0.167. The molecule has 1 amide bonds. The lowest BCUT2D eigenvalue weighted by molar-refractivity contribution is -0.113. The molecule has 0 unspecified atom stereocenters. The Hall–Kier alpha value is -0.900. The van der Waals surface area contributed by atoms with E-state index in [0.717, 1.165) is 0 Å². The molecule has 0 saturated carbocycles. The summed E-state index contributed by atoms with van der Waals surface area (Å²) in [5.41, 5.74) is 0. The lowest BCUT2D eigenvalue weighted by atomic mass is 10.5. The fourth-order valence-corrected chi connectivity index (χ4v) is 0.823. The second-order valence-electron chi connectivity index (χ2n) is 1.37. The van der Waals surface area contributed by atoms with E-state index < -0.39 is 5.91 Å². The van der Waals surface area contributed by atoms with Crippen molar-refractivity contribution in [2.24, 2.45) is 5.18 Å². The predicted molar refractivity (Wildman–Crippen MR) is 42.6 cm³/mol. The molecule has 0 aromatic heterocycles. The number of allylic oxidation sites excluding steroid dienone is 2. The van der Waals surface area contributed by atoms with E-state index in [1.807, 2.05) is 0 Å². The van der Waals surface area contributed by atoms with Crippen LogP contribution in [0.15, 0.2) is 28.8 Å². The van der Waals surface area contributed by atoms with Gasteiger partial charge in [0, 0.05) is 5.18 Å². The molecule has 0 spiro atoms. The fourth-order valence-electron chi connectivity index (χ4n) is 0.379. The van der Waals surface area contributed by atoms with Gasteiger partial charge in [0.15, 0.2) is 0 Å². The van der Waals surface area contributed by atoms with Crippen LogP contribution in [0.5, 0.6) is 0 Å². The zero-order chi connectivity index (χ0) is 7.98. The van der Waals surface area contributed by atoms with Crippen molar-refractivity contribution in [2.45, 2.75) is 0 Å². The van der Waals surface area contributed by atoms with E-state index in [1.54, 1.807) is 6.26 Å². The topological polar surface area (TPSA) is 46.5 Å². The maximum Gasteiger partial charge on any atom is 0.323 e. The summed E-state index contributed by atoms with van der Waals surface area (Å²) in [6.45, 7) is 3.38. The van der Waals surface area contributed by atoms with Gasteiger partial charge in [-0.3, -0.25) is 4.79 Å². The third-order valence-electron chi connectivity index (χ3n) is 0.783. The van der Waals surface area contributed by atoms with Crippen molar-refractivity contribution < 1.29 is 4.79 Å². The van der Waals surface area contributed by atoms with Crippen LogP contribution in [0.25, 0.3) is 0 Å². The van der Waals surface area contributed by atoms with Crippen LogP contribution in [0.4, 0.5) is 0 Å². The summed E-state index contributed by atoms with van der Waals surface area (Å²) in [4.78, 5) is 20.5. The summed E-state index contributed by atoms with van der Waals surface area (Å²) >= 11 is 1.17. The molecule has 0 atom stereocenters. The summed E-state index contributed by atoms with van der Waals surface area (Å²) in [6, 6.07) is 0. The summed E-state index contributed by atoms with van der Waals surface area (Å²) in [5.74, 6) is -0.743. The molecule has 3 nitrogen and oxygen atoms in total. The molecule has 0 aliphatic heterocycles. The lowest BCUT2D eigenvalue weighted by Crippen LogP contribution is -1.91. The largest absolute Gasteiger partial charge is 0.323 e. The molecule has 0 rings (SSSR count). The van der Waals surface area contributed by atoms with Crippen molar-refractivity contribution in [3.05, 3.63) is 28.5 Å². The molecule has 0 saturated heterocycles. The van der Waals surface area contributed by atoms with E-state index in [2.05, 4.69) is 11.8 Å². The van der Waals surface area contributed by atoms with Crippen molar-refractivity contribution in [3.63, 3.8) is 0 Å². The molecule has 54 valence electrons. The van der Waals surface area contributed by atoms with E-state index in [9.17, 15) is 9.70 Å². The highest BCUT2D eigenvalue weighted by molar-refractivity contribution is 8.03. The molecule has 4 heteroatoms. The highest BCUT2D eigenvalue weighted by Gasteiger charge is 2.05. The second-order valence-corrected chi connectivity index (χ2v) is 2.22. The van der Waals surface area contributed by atoms with Crippen molar-refractivity contribution >= 4 is 17.7 Å². The quantitative estimate of drug-likeness (QED) is 0.356. The molecule has 0 bridgehead atoms. The first-order valence-electron chi connectivity index (χ1n) is 2.50. The number of carbonyl (C=O) groups is 1. The van der Waals surface area contributed by atoms with Gasteiger partial charge in [0.1, 0.15) is 0 Å². The van der Waals surface area contributed by atoms with Gasteiger partial charge in [-0.2, -0.15) is 0 Å². The molecular weight excluding hydrogens is 150 g/mol. The summed E-state index contributed by atoms with van der Waals surface area (Å²) in [5, 5.41) is 2.25. The minimum absolute atomic E-state index is 0.310. The smallest absolute Gasteiger partial charge is 0.263 e. The van der Waals surface area contributed by atoms with Crippen molar-refractivity contribution in [1.29, 1.82) is 0 Å². The second kappa shape index (κ2) is 4.93. The van der Waals surface area contributed by atoms with Crippen LogP contribution < -0.4 is 0 Å². The molecule has 10 heavy (non-hydrogen) atoms. The van der Waals surface area contributed by atoms with E-state index in [1.165, 1.54) is 23.9 Å². The highest BCUT2D eigenvalue weighted by Crippen LogP contribution is 2.12. The van der Waals surface area contributed by atoms with Crippen LogP contribution >= 0.6 is 11.8 Å². The highest BCUT2D eigenvalue weighted by atomic mass is 32.2. The maximum atomic E-state index is 10.5. The average molecular weight is 157 g/mol. The SMILES string of the molecule is C=C/C=C(\SC)C(=O)N=O. The normalized spacial score (nSPS) is 10.7. The molecule has 0 radical (unpaired) electrons. The molecule has 0 fully saturated rings. The Bertz CT molecular complexity index is 186. The van der Waals surface area contributed by atoms with Crippen LogP contribution in [-0.4, -0.2) is 12.2 Å². The Morgan fingerprint density at radius 1 is 1.70 bits per heavy atom. The number of nitrogens with zero attached hydrogens (tertiary/aromatic N) is 1. The third-order valence-corrected chi connectivity index (χ3v) is 1.53. The van der Waals surface area contributed by atoms with Crippen molar-refractivity contribution in [2.75, 3.05) is 6.26 Å². The number of rotatable bonds is 3. The van der Waals surface area contributed by atoms with Gasteiger partial charge in [-0.05, 0) is 12.3 Å². The Morgan fingerprint density at radius 3 is 2.60 bits per heavy atom. The molecule has 0 aliphatic carbocycles. The Morgan fingerprint density at radius 2 is 2.30 bits per heavy atom. The van der Waals surface area contributed by atoms with Gasteiger partial charge >= 0.3 is 5.91 Å². The first kappa shape index (κ1) is 9.10. The lowest BCUT2D eigenvalue weighted by Gasteiger charge is -1.90. The van der Waals surface area contributed by atoms with Gasteiger partial charge in [-0.25, -0.2) is 0 Å². The van der Waals surface area contributed by atoms with E-state index in [4.69, 9.17) is 0 Å². The Labute approximate surface area is 63.2 Å². The number of amides is 1. The van der Waals surface area contributed by atoms with Gasteiger partial charge in [-0.1, -0.05) is 12.7 Å². The Balaban J connectivity index is 4.34. The standard InChI is InChI=1S/C6H7NO2S/c1-3-4-5(10-2)6(8)7-9/h3-4H,1H2,2H3/b5-4-. The van der Waals surface area contributed by atoms with Crippen LogP contribution in [0, 0.1) is 4.91 Å². The molecule has 0 N–H and O–H groups in total. The summed E-state index contributed by atoms with van der Waals surface area (Å²) < 4.78 is 0. The monoisotopic (exact) mass is 157 g/mol. The number of thioether (sulfide) groups is 1. The summed E-state index contributed by atoms with van der Waals surface area (Å²) in [7, 11) is 0. The van der Waals surface area contributed by atoms with Gasteiger partial charge in [-0.15, -0.1) is 16.7 Å². The zero-order valence-electron chi connectivity index (χ0n) is 5.53. The van der Waals surface area contributed by atoms with Gasteiger partial charge in [0.05, 0.1) is 4.91 Å².